The van der Waals surface area contributed by atoms with E-state index in [2.05, 4.69) is 70.1 Å². The van der Waals surface area contributed by atoms with Crippen LogP contribution in [0.3, 0.4) is 0 Å². The van der Waals surface area contributed by atoms with Crippen LogP contribution in [0.25, 0.3) is 0 Å². The first-order valence-corrected chi connectivity index (χ1v) is 12.1. The predicted octanol–water partition coefficient (Wildman–Crippen LogP) is 6.07. The first kappa shape index (κ1) is 23.5. The smallest absolute Gasteiger partial charge is 0.367 e. The first-order chi connectivity index (χ1) is 10.7. The van der Waals surface area contributed by atoms with E-state index in [1.54, 1.807) is 0 Å². The Morgan fingerprint density at radius 3 is 1.26 bits per heavy atom. The maximum atomic E-state index is 2.87. The van der Waals surface area contributed by atoms with Crippen molar-refractivity contribution in [3.8, 4) is 0 Å². The Balaban J connectivity index is 4.91. The van der Waals surface area contributed by atoms with Crippen LogP contribution in [0.2, 0.25) is 5.28 Å². The maximum Gasteiger partial charge on any atom is 0.489 e. The fourth-order valence-electron chi connectivity index (χ4n) is 4.13. The van der Waals surface area contributed by atoms with Gasteiger partial charge in [0, 0.05) is 0 Å². The van der Waals surface area contributed by atoms with Crippen molar-refractivity contribution in [2.75, 3.05) is 0 Å². The SMILES string of the molecule is CCCCCCC[CH2][Al]([N](C(C)C)C(C)C)[N](C(C)C)C(C)C. The lowest BCUT2D eigenvalue weighted by Gasteiger charge is -2.45. The van der Waals surface area contributed by atoms with Crippen LogP contribution >= 0.6 is 0 Å². The fraction of sp³-hybridized carbons (Fsp3) is 1.00. The van der Waals surface area contributed by atoms with Crippen LogP contribution in [0, 0.1) is 0 Å². The zero-order chi connectivity index (χ0) is 18.0. The highest BCUT2D eigenvalue weighted by Gasteiger charge is 2.39. The van der Waals surface area contributed by atoms with Gasteiger partial charge in [0.15, 0.2) is 0 Å². The van der Waals surface area contributed by atoms with Gasteiger partial charge in [-0.15, -0.1) is 0 Å². The molecule has 0 fully saturated rings. The van der Waals surface area contributed by atoms with Gasteiger partial charge >= 0.3 is 14.6 Å². The Morgan fingerprint density at radius 1 is 0.565 bits per heavy atom. The lowest BCUT2D eigenvalue weighted by molar-refractivity contribution is 0.220. The first-order valence-electron chi connectivity index (χ1n) is 10.3. The summed E-state index contributed by atoms with van der Waals surface area (Å²) < 4.78 is 5.73. The van der Waals surface area contributed by atoms with Crippen molar-refractivity contribution < 1.29 is 0 Å². The lowest BCUT2D eigenvalue weighted by atomic mass is 10.1. The highest BCUT2D eigenvalue weighted by molar-refractivity contribution is 6.53. The van der Waals surface area contributed by atoms with Crippen molar-refractivity contribution in [1.29, 1.82) is 0 Å². The Hall–Kier alpha value is 0.452. The molecule has 0 spiro atoms. The standard InChI is InChI=1S/C8H17.2C6H14N.Al/c1-3-5-7-8-6-4-2;2*1-5(2)7-6(3)4;/h1,3-8H2,2H3;2*5-6H,1-4H3;/q;2*-1;+2. The molecule has 0 radical (unpaired) electrons. The Bertz CT molecular complexity index is 241. The van der Waals surface area contributed by atoms with Crippen molar-refractivity contribution in [3.05, 3.63) is 0 Å². The molecule has 0 aromatic carbocycles. The van der Waals surface area contributed by atoms with E-state index in [1.807, 2.05) is 0 Å². The van der Waals surface area contributed by atoms with E-state index in [4.69, 9.17) is 0 Å². The van der Waals surface area contributed by atoms with Gasteiger partial charge in [-0.1, -0.05) is 106 Å². The monoisotopic (exact) mass is 340 g/mol. The summed E-state index contributed by atoms with van der Waals surface area (Å²) in [7, 11) is 0. The van der Waals surface area contributed by atoms with Crippen LogP contribution in [0.4, 0.5) is 0 Å². The lowest BCUT2D eigenvalue weighted by Crippen LogP contribution is -2.61. The van der Waals surface area contributed by atoms with Crippen molar-refractivity contribution >= 4 is 14.6 Å². The van der Waals surface area contributed by atoms with Gasteiger partial charge in [0.25, 0.3) is 0 Å². The summed E-state index contributed by atoms with van der Waals surface area (Å²) in [5.41, 5.74) is 0. The molecule has 0 heterocycles. The molecule has 0 amide bonds. The summed E-state index contributed by atoms with van der Waals surface area (Å²) in [5.74, 6) is 0. The van der Waals surface area contributed by atoms with Crippen molar-refractivity contribution in [2.24, 2.45) is 0 Å². The number of hydrogen-bond acceptors (Lipinski definition) is 2. The highest BCUT2D eigenvalue weighted by atomic mass is 27.2. The molecule has 0 unspecified atom stereocenters. The quantitative estimate of drug-likeness (QED) is 0.296. The Morgan fingerprint density at radius 2 is 0.913 bits per heavy atom. The minimum absolute atomic E-state index is 0.659. The van der Waals surface area contributed by atoms with Crippen LogP contribution in [0.5, 0.6) is 0 Å². The molecule has 138 valence electrons. The molecular formula is C20H45AlN2. The molecular weight excluding hydrogens is 295 g/mol. The molecule has 0 saturated carbocycles. The summed E-state index contributed by atoms with van der Waals surface area (Å²) in [6.45, 7) is 21.4. The molecule has 0 aromatic rings. The average Bonchev–Trinajstić information content (AvgIpc) is 2.40. The molecule has 0 saturated heterocycles. The van der Waals surface area contributed by atoms with Crippen LogP contribution in [-0.4, -0.2) is 46.5 Å². The molecule has 0 N–H and O–H groups in total. The number of nitrogens with zero attached hydrogens (tertiary/aromatic N) is 2. The van der Waals surface area contributed by atoms with E-state index < -0.39 is 14.6 Å². The second-order valence-electron chi connectivity index (χ2n) is 8.31. The minimum Gasteiger partial charge on any atom is -0.367 e. The van der Waals surface area contributed by atoms with Gasteiger partial charge < -0.3 is 7.77 Å². The van der Waals surface area contributed by atoms with E-state index in [9.17, 15) is 0 Å². The predicted molar refractivity (Wildman–Crippen MR) is 108 cm³/mol. The van der Waals surface area contributed by atoms with Crippen molar-refractivity contribution in [1.82, 2.24) is 7.77 Å². The summed E-state index contributed by atoms with van der Waals surface area (Å²) in [4.78, 5) is 0. The van der Waals surface area contributed by atoms with Gasteiger partial charge in [0.2, 0.25) is 0 Å². The van der Waals surface area contributed by atoms with Gasteiger partial charge in [-0.05, 0) is 24.2 Å². The van der Waals surface area contributed by atoms with E-state index in [0.717, 1.165) is 0 Å². The van der Waals surface area contributed by atoms with E-state index in [1.165, 1.54) is 43.8 Å². The molecule has 23 heavy (non-hydrogen) atoms. The van der Waals surface area contributed by atoms with Crippen molar-refractivity contribution in [3.63, 3.8) is 0 Å². The fourth-order valence-corrected chi connectivity index (χ4v) is 8.44. The summed E-state index contributed by atoms with van der Waals surface area (Å²) in [6, 6.07) is 2.64. The van der Waals surface area contributed by atoms with Crippen LogP contribution in [-0.2, 0) is 0 Å². The largest absolute Gasteiger partial charge is 0.489 e. The molecule has 0 atom stereocenters. The second-order valence-corrected chi connectivity index (χ2v) is 11.0. The van der Waals surface area contributed by atoms with Crippen LogP contribution in [0.15, 0.2) is 0 Å². The summed E-state index contributed by atoms with van der Waals surface area (Å²) in [5, 5.41) is 1.44. The van der Waals surface area contributed by atoms with Gasteiger partial charge in [0.05, 0.1) is 0 Å². The van der Waals surface area contributed by atoms with Gasteiger partial charge in [-0.2, -0.15) is 0 Å². The van der Waals surface area contributed by atoms with Crippen LogP contribution < -0.4 is 0 Å². The second kappa shape index (κ2) is 12.8. The third-order valence-corrected chi connectivity index (χ3v) is 9.58. The molecule has 3 heteroatoms. The minimum atomic E-state index is -1.09. The normalized spacial score (nSPS) is 12.7. The Labute approximate surface area is 152 Å². The van der Waals surface area contributed by atoms with E-state index in [-0.39, 0.29) is 0 Å². The highest BCUT2D eigenvalue weighted by Crippen LogP contribution is 2.22. The molecule has 0 aliphatic carbocycles. The van der Waals surface area contributed by atoms with Crippen LogP contribution in [0.1, 0.15) is 101 Å². The zero-order valence-electron chi connectivity index (χ0n) is 17.7. The molecule has 0 rings (SSSR count). The molecule has 0 aliphatic rings. The number of unbranched alkanes of at least 4 members (excludes halogenated alkanes) is 5. The van der Waals surface area contributed by atoms with Gasteiger partial charge in [-0.25, -0.2) is 0 Å². The number of hydrogen-bond donors (Lipinski definition) is 0. The number of rotatable bonds is 13. The third kappa shape index (κ3) is 8.92. The van der Waals surface area contributed by atoms with Crippen molar-refractivity contribution in [2.45, 2.75) is 130 Å². The third-order valence-electron chi connectivity index (χ3n) is 4.89. The molecule has 0 bridgehead atoms. The maximum absolute atomic E-state index is 2.87. The van der Waals surface area contributed by atoms with Gasteiger partial charge in [0.1, 0.15) is 0 Å². The summed E-state index contributed by atoms with van der Waals surface area (Å²) in [6.07, 6.45) is 8.47. The summed E-state index contributed by atoms with van der Waals surface area (Å²) >= 11 is -1.09. The topological polar surface area (TPSA) is 6.48 Å². The zero-order valence-corrected chi connectivity index (χ0v) is 18.9. The average molecular weight is 341 g/mol. The van der Waals surface area contributed by atoms with E-state index in [0.29, 0.717) is 24.2 Å². The molecule has 2 nitrogen and oxygen atoms in total. The van der Waals surface area contributed by atoms with E-state index >= 15 is 0 Å². The molecule has 0 aromatic heterocycles. The molecule has 0 aliphatic heterocycles. The Kier molecular flexibility index (Phi) is 13.0. The van der Waals surface area contributed by atoms with Gasteiger partial charge in [-0.3, -0.25) is 0 Å².